The third-order valence-corrected chi connectivity index (χ3v) is 5.70. The molecule has 3 aromatic rings. The average Bonchev–Trinajstić information content (AvgIpc) is 2.71. The number of piperidine rings is 1. The lowest BCUT2D eigenvalue weighted by Gasteiger charge is -2.42. The molecule has 3 heteroatoms. The molecular weight excluding hydrogens is 349 g/mol. The monoisotopic (exact) mass is 375 g/mol. The van der Waals surface area contributed by atoms with Gasteiger partial charge in [-0.05, 0) is 41.2 Å². The highest BCUT2D eigenvalue weighted by molar-refractivity contribution is 5.26. The molecule has 4 rings (SSSR count). The van der Waals surface area contributed by atoms with E-state index < -0.39 is 6.10 Å². The maximum atomic E-state index is 13.4. The molecule has 1 N–H and O–H groups in total. The zero-order valence-corrected chi connectivity index (χ0v) is 15.9. The molecule has 0 aliphatic carbocycles. The van der Waals surface area contributed by atoms with Gasteiger partial charge in [0.1, 0.15) is 5.82 Å². The standard InChI is InChI=1S/C25H26FNO/c26-23-13-11-21(12-14-23)25-22(15-19-7-3-1-4-8-19)17-27(18-24(25)28)16-20-9-5-2-6-10-20/h1-14,22,24-25,28H,15-18H2/t22-,24?,25?/m1/s1. The molecule has 0 spiro atoms. The van der Waals surface area contributed by atoms with E-state index in [9.17, 15) is 9.50 Å². The zero-order valence-electron chi connectivity index (χ0n) is 15.9. The van der Waals surface area contributed by atoms with E-state index in [1.165, 1.54) is 23.3 Å². The first-order valence-electron chi connectivity index (χ1n) is 9.93. The molecule has 144 valence electrons. The van der Waals surface area contributed by atoms with Gasteiger partial charge in [0.2, 0.25) is 0 Å². The Bertz CT molecular complexity index is 866. The number of benzene rings is 3. The quantitative estimate of drug-likeness (QED) is 0.702. The van der Waals surface area contributed by atoms with Crippen molar-refractivity contribution in [3.63, 3.8) is 0 Å². The molecule has 3 aromatic carbocycles. The van der Waals surface area contributed by atoms with Crippen LogP contribution >= 0.6 is 0 Å². The second-order valence-corrected chi connectivity index (χ2v) is 7.77. The van der Waals surface area contributed by atoms with E-state index in [0.29, 0.717) is 6.54 Å². The number of rotatable bonds is 5. The molecule has 2 unspecified atom stereocenters. The fourth-order valence-electron chi connectivity index (χ4n) is 4.47. The summed E-state index contributed by atoms with van der Waals surface area (Å²) in [5.41, 5.74) is 3.55. The number of nitrogens with zero attached hydrogens (tertiary/aromatic N) is 1. The van der Waals surface area contributed by atoms with Gasteiger partial charge in [0.15, 0.2) is 0 Å². The largest absolute Gasteiger partial charge is 0.391 e. The van der Waals surface area contributed by atoms with Crippen molar-refractivity contribution < 1.29 is 9.50 Å². The molecule has 0 saturated carbocycles. The van der Waals surface area contributed by atoms with Crippen molar-refractivity contribution >= 4 is 0 Å². The Balaban J connectivity index is 1.58. The van der Waals surface area contributed by atoms with Crippen LogP contribution in [0.4, 0.5) is 4.39 Å². The van der Waals surface area contributed by atoms with Gasteiger partial charge in [-0.25, -0.2) is 4.39 Å². The van der Waals surface area contributed by atoms with E-state index in [1.54, 1.807) is 0 Å². The molecule has 2 nitrogen and oxygen atoms in total. The summed E-state index contributed by atoms with van der Waals surface area (Å²) in [5, 5.41) is 11.1. The number of hydrogen-bond donors (Lipinski definition) is 1. The highest BCUT2D eigenvalue weighted by Gasteiger charge is 2.36. The highest BCUT2D eigenvalue weighted by Crippen LogP contribution is 2.36. The normalized spacial score (nSPS) is 22.9. The van der Waals surface area contributed by atoms with Crippen molar-refractivity contribution in [1.29, 1.82) is 0 Å². The Morgan fingerprint density at radius 3 is 2.04 bits per heavy atom. The van der Waals surface area contributed by atoms with Gasteiger partial charge in [-0.3, -0.25) is 4.90 Å². The second-order valence-electron chi connectivity index (χ2n) is 7.77. The minimum absolute atomic E-state index is 0.00725. The Hall–Kier alpha value is -2.49. The van der Waals surface area contributed by atoms with Crippen LogP contribution in [0.25, 0.3) is 0 Å². The Labute approximate surface area is 166 Å². The fraction of sp³-hybridized carbons (Fsp3) is 0.280. The van der Waals surface area contributed by atoms with E-state index in [0.717, 1.165) is 25.1 Å². The third-order valence-electron chi connectivity index (χ3n) is 5.70. The summed E-state index contributed by atoms with van der Waals surface area (Å²) in [6.07, 6.45) is 0.419. The van der Waals surface area contributed by atoms with Gasteiger partial charge in [-0.2, -0.15) is 0 Å². The SMILES string of the molecule is OC1CN(Cc2ccccc2)C[C@@H](Cc2ccccc2)C1c1ccc(F)cc1. The van der Waals surface area contributed by atoms with Gasteiger partial charge in [0.25, 0.3) is 0 Å². The summed E-state index contributed by atoms with van der Waals surface area (Å²) in [5.74, 6) is 0.0347. The number of hydrogen-bond acceptors (Lipinski definition) is 2. The van der Waals surface area contributed by atoms with Crippen molar-refractivity contribution in [2.45, 2.75) is 25.0 Å². The first-order valence-corrected chi connectivity index (χ1v) is 9.93. The molecule has 0 bridgehead atoms. The second kappa shape index (κ2) is 8.68. The van der Waals surface area contributed by atoms with E-state index in [-0.39, 0.29) is 17.7 Å². The van der Waals surface area contributed by atoms with Crippen LogP contribution in [0.5, 0.6) is 0 Å². The van der Waals surface area contributed by atoms with Crippen molar-refractivity contribution in [3.05, 3.63) is 107 Å². The van der Waals surface area contributed by atoms with Gasteiger partial charge in [-0.15, -0.1) is 0 Å². The van der Waals surface area contributed by atoms with Crippen LogP contribution in [0.1, 0.15) is 22.6 Å². The predicted octanol–water partition coefficient (Wildman–Crippen LogP) is 4.64. The minimum atomic E-state index is -0.475. The lowest BCUT2D eigenvalue weighted by Crippen LogP contribution is -2.48. The molecule has 0 radical (unpaired) electrons. The van der Waals surface area contributed by atoms with Gasteiger partial charge < -0.3 is 5.11 Å². The topological polar surface area (TPSA) is 23.5 Å². The molecule has 1 aliphatic rings. The number of aliphatic hydroxyl groups is 1. The highest BCUT2D eigenvalue weighted by atomic mass is 19.1. The molecule has 1 saturated heterocycles. The summed E-state index contributed by atoms with van der Waals surface area (Å²) in [6, 6.07) is 27.5. The molecule has 0 amide bonds. The van der Waals surface area contributed by atoms with Crippen molar-refractivity contribution in [2.24, 2.45) is 5.92 Å². The molecule has 1 aliphatic heterocycles. The fourth-order valence-corrected chi connectivity index (χ4v) is 4.47. The Morgan fingerprint density at radius 1 is 0.786 bits per heavy atom. The van der Waals surface area contributed by atoms with E-state index in [4.69, 9.17) is 0 Å². The number of aliphatic hydroxyl groups excluding tert-OH is 1. The van der Waals surface area contributed by atoms with Crippen LogP contribution in [0.2, 0.25) is 0 Å². The van der Waals surface area contributed by atoms with Crippen LogP contribution in [0, 0.1) is 11.7 Å². The van der Waals surface area contributed by atoms with Crippen LogP contribution < -0.4 is 0 Å². The summed E-state index contributed by atoms with van der Waals surface area (Å²) in [6.45, 7) is 2.37. The lowest BCUT2D eigenvalue weighted by atomic mass is 9.75. The third kappa shape index (κ3) is 4.49. The Morgan fingerprint density at radius 2 is 1.39 bits per heavy atom. The van der Waals surface area contributed by atoms with Gasteiger partial charge >= 0.3 is 0 Å². The first kappa shape index (κ1) is 18.9. The van der Waals surface area contributed by atoms with Gasteiger partial charge in [0, 0.05) is 25.6 Å². The first-order chi connectivity index (χ1) is 13.7. The van der Waals surface area contributed by atoms with Crippen LogP contribution in [-0.2, 0) is 13.0 Å². The summed E-state index contributed by atoms with van der Waals surface area (Å²) >= 11 is 0. The number of likely N-dealkylation sites (tertiary alicyclic amines) is 1. The van der Waals surface area contributed by atoms with Gasteiger partial charge in [0.05, 0.1) is 6.10 Å². The van der Waals surface area contributed by atoms with Crippen molar-refractivity contribution in [3.8, 4) is 0 Å². The smallest absolute Gasteiger partial charge is 0.123 e. The predicted molar refractivity (Wildman–Crippen MR) is 111 cm³/mol. The van der Waals surface area contributed by atoms with Crippen molar-refractivity contribution in [1.82, 2.24) is 4.90 Å². The summed E-state index contributed by atoms with van der Waals surface area (Å²) in [4.78, 5) is 2.34. The average molecular weight is 375 g/mol. The molecule has 0 aromatic heterocycles. The maximum absolute atomic E-state index is 13.4. The summed E-state index contributed by atoms with van der Waals surface area (Å²) < 4.78 is 13.4. The summed E-state index contributed by atoms with van der Waals surface area (Å²) in [7, 11) is 0. The number of β-amino-alcohol motifs (C(OH)–C–C–N with tert-alkyl or cyclic N) is 1. The van der Waals surface area contributed by atoms with Crippen LogP contribution in [0.3, 0.4) is 0 Å². The van der Waals surface area contributed by atoms with Crippen molar-refractivity contribution in [2.75, 3.05) is 13.1 Å². The lowest BCUT2D eigenvalue weighted by molar-refractivity contribution is 0.0142. The molecule has 3 atom stereocenters. The molecular formula is C25H26FNO. The molecule has 1 fully saturated rings. The molecule has 28 heavy (non-hydrogen) atoms. The number of halogens is 1. The van der Waals surface area contributed by atoms with E-state index in [2.05, 4.69) is 53.4 Å². The molecule has 1 heterocycles. The van der Waals surface area contributed by atoms with E-state index >= 15 is 0 Å². The van der Waals surface area contributed by atoms with Gasteiger partial charge in [-0.1, -0.05) is 72.8 Å². The van der Waals surface area contributed by atoms with E-state index in [1.807, 2.05) is 24.3 Å². The Kier molecular flexibility index (Phi) is 5.84. The van der Waals surface area contributed by atoms with Crippen LogP contribution in [0.15, 0.2) is 84.9 Å². The zero-order chi connectivity index (χ0) is 19.3. The van der Waals surface area contributed by atoms with Crippen LogP contribution in [-0.4, -0.2) is 29.2 Å². The maximum Gasteiger partial charge on any atom is 0.123 e. The minimum Gasteiger partial charge on any atom is -0.391 e.